The third-order valence-corrected chi connectivity index (χ3v) is 4.78. The first-order chi connectivity index (χ1) is 17.5. The van der Waals surface area contributed by atoms with Gasteiger partial charge in [0.2, 0.25) is 0 Å². The maximum absolute atomic E-state index is 12.4. The fraction of sp³-hybridized carbons (Fsp3) is 0.643. The molecule has 0 radical (unpaired) electrons. The summed E-state index contributed by atoms with van der Waals surface area (Å²) in [5, 5.41) is 9.93. The summed E-state index contributed by atoms with van der Waals surface area (Å²) in [5.74, 6) is -2.13. The number of carbonyl (C=O) groups excluding carboxylic acids is 3. The molecule has 0 aliphatic rings. The Morgan fingerprint density at radius 2 is 1.33 bits per heavy atom. The molecule has 0 aliphatic carbocycles. The third-order valence-electron chi connectivity index (χ3n) is 4.78. The summed E-state index contributed by atoms with van der Waals surface area (Å²) in [7, 11) is 0. The lowest BCUT2D eigenvalue weighted by Crippen LogP contribution is -2.52. The SMILES string of the molecule is C[C@@H](CC(N)(Cc1ccc(OC(=O)OC(C)(C)C)c(OC(=O)OC(C)(C)C)c1)C(=O)O)OC(=O)CC(C)(C)C. The average Bonchev–Trinajstić information content (AvgIpc) is 2.64. The highest BCUT2D eigenvalue weighted by atomic mass is 16.8. The number of hydrogen-bond acceptors (Lipinski definition) is 10. The second kappa shape index (κ2) is 12.7. The van der Waals surface area contributed by atoms with Crippen molar-refractivity contribution in [2.75, 3.05) is 0 Å². The first-order valence-corrected chi connectivity index (χ1v) is 12.6. The third kappa shape index (κ3) is 13.3. The van der Waals surface area contributed by atoms with Gasteiger partial charge in [-0.15, -0.1) is 0 Å². The highest BCUT2D eigenvalue weighted by Crippen LogP contribution is 2.32. The molecule has 1 aromatic carbocycles. The van der Waals surface area contributed by atoms with E-state index in [1.807, 2.05) is 20.8 Å². The topological polar surface area (TPSA) is 161 Å². The molecule has 220 valence electrons. The van der Waals surface area contributed by atoms with E-state index in [-0.39, 0.29) is 36.2 Å². The van der Waals surface area contributed by atoms with Crippen molar-refractivity contribution in [3.8, 4) is 11.5 Å². The smallest absolute Gasteiger partial charge is 0.480 e. The van der Waals surface area contributed by atoms with Gasteiger partial charge < -0.3 is 34.5 Å². The lowest BCUT2D eigenvalue weighted by Gasteiger charge is -2.29. The normalized spacial score (nSPS) is 14.4. The molecule has 1 unspecified atom stereocenters. The minimum Gasteiger partial charge on any atom is -0.480 e. The number of hydrogen-bond donors (Lipinski definition) is 2. The van der Waals surface area contributed by atoms with E-state index in [0.29, 0.717) is 5.56 Å². The largest absolute Gasteiger partial charge is 0.514 e. The van der Waals surface area contributed by atoms with Gasteiger partial charge in [-0.05, 0) is 71.6 Å². The fourth-order valence-electron chi connectivity index (χ4n) is 3.40. The molecular formula is C28H43NO10. The summed E-state index contributed by atoms with van der Waals surface area (Å²) in [6.07, 6.45) is -3.13. The standard InChI is InChI=1S/C28H43NO10/c1-17(35-21(30)16-25(2,3)4)14-28(29,22(31)32)15-18-11-12-19(36-23(33)38-26(5,6)7)20(13-18)37-24(34)39-27(8,9)10/h11-13,17H,14-16,29H2,1-10H3,(H,31,32)/t17-,28?/m0/s1. The summed E-state index contributed by atoms with van der Waals surface area (Å²) < 4.78 is 26.3. The number of ether oxygens (including phenoxy) is 5. The van der Waals surface area contributed by atoms with Gasteiger partial charge in [0.1, 0.15) is 22.8 Å². The molecule has 0 saturated carbocycles. The van der Waals surface area contributed by atoms with E-state index in [9.17, 15) is 24.3 Å². The molecule has 0 fully saturated rings. The molecular weight excluding hydrogens is 510 g/mol. The number of esters is 1. The van der Waals surface area contributed by atoms with E-state index in [0.717, 1.165) is 0 Å². The monoisotopic (exact) mass is 553 g/mol. The Kier molecular flexibility index (Phi) is 10.9. The molecule has 11 nitrogen and oxygen atoms in total. The van der Waals surface area contributed by atoms with E-state index in [2.05, 4.69) is 0 Å². The molecule has 0 spiro atoms. The van der Waals surface area contributed by atoms with Crippen LogP contribution in [-0.4, -0.2) is 52.2 Å². The first kappa shape index (κ1) is 33.7. The van der Waals surface area contributed by atoms with Crippen LogP contribution in [0.5, 0.6) is 11.5 Å². The van der Waals surface area contributed by atoms with Crippen molar-refractivity contribution in [2.45, 2.75) is 111 Å². The van der Waals surface area contributed by atoms with Crippen molar-refractivity contribution < 1.29 is 48.0 Å². The van der Waals surface area contributed by atoms with Crippen molar-refractivity contribution in [3.05, 3.63) is 23.8 Å². The molecule has 0 heterocycles. The van der Waals surface area contributed by atoms with Gasteiger partial charge in [0.05, 0.1) is 6.42 Å². The zero-order valence-electron chi connectivity index (χ0n) is 24.6. The molecule has 1 rings (SSSR count). The van der Waals surface area contributed by atoms with Gasteiger partial charge in [-0.25, -0.2) is 9.59 Å². The molecule has 0 bridgehead atoms. The highest BCUT2D eigenvalue weighted by molar-refractivity contribution is 5.79. The van der Waals surface area contributed by atoms with Crippen LogP contribution in [0.4, 0.5) is 9.59 Å². The van der Waals surface area contributed by atoms with Crippen LogP contribution in [0.3, 0.4) is 0 Å². The maximum atomic E-state index is 12.4. The molecule has 0 aromatic heterocycles. The Labute approximate surface area is 230 Å². The molecule has 0 aliphatic heterocycles. The Morgan fingerprint density at radius 3 is 1.77 bits per heavy atom. The van der Waals surface area contributed by atoms with E-state index in [4.69, 9.17) is 29.4 Å². The summed E-state index contributed by atoms with van der Waals surface area (Å²) >= 11 is 0. The minimum atomic E-state index is -1.84. The molecule has 39 heavy (non-hydrogen) atoms. The Hall–Kier alpha value is -3.34. The highest BCUT2D eigenvalue weighted by Gasteiger charge is 2.37. The lowest BCUT2D eigenvalue weighted by atomic mass is 9.86. The second-order valence-electron chi connectivity index (χ2n) is 12.8. The van der Waals surface area contributed by atoms with E-state index >= 15 is 0 Å². The van der Waals surface area contributed by atoms with Crippen LogP contribution >= 0.6 is 0 Å². The van der Waals surface area contributed by atoms with Gasteiger partial charge in [0.15, 0.2) is 11.5 Å². The van der Waals surface area contributed by atoms with Crippen molar-refractivity contribution in [1.29, 1.82) is 0 Å². The number of benzene rings is 1. The van der Waals surface area contributed by atoms with Crippen LogP contribution in [0.1, 0.15) is 87.6 Å². The second-order valence-corrected chi connectivity index (χ2v) is 12.8. The molecule has 2 atom stereocenters. The maximum Gasteiger partial charge on any atom is 0.514 e. The number of aliphatic carboxylic acids is 1. The van der Waals surface area contributed by atoms with E-state index in [1.165, 1.54) is 18.2 Å². The molecule has 3 N–H and O–H groups in total. The van der Waals surface area contributed by atoms with Crippen LogP contribution in [-0.2, 0) is 30.2 Å². The molecule has 0 amide bonds. The number of carboxylic acids is 1. The molecule has 0 saturated heterocycles. The lowest BCUT2D eigenvalue weighted by molar-refractivity contribution is -0.154. The van der Waals surface area contributed by atoms with Gasteiger partial charge in [-0.3, -0.25) is 9.59 Å². The van der Waals surface area contributed by atoms with Gasteiger partial charge in [0, 0.05) is 12.8 Å². The number of carbonyl (C=O) groups is 4. The van der Waals surface area contributed by atoms with Gasteiger partial charge in [-0.1, -0.05) is 26.8 Å². The van der Waals surface area contributed by atoms with Crippen LogP contribution in [0.25, 0.3) is 0 Å². The quantitative estimate of drug-likeness (QED) is 0.229. The number of rotatable bonds is 9. The van der Waals surface area contributed by atoms with Crippen molar-refractivity contribution >= 4 is 24.2 Å². The molecule has 1 aromatic rings. The van der Waals surface area contributed by atoms with Crippen LogP contribution in [0, 0.1) is 5.41 Å². The minimum absolute atomic E-state index is 0.152. The fourth-order valence-corrected chi connectivity index (χ4v) is 3.40. The summed E-state index contributed by atoms with van der Waals surface area (Å²) in [5.41, 5.74) is 2.79. The Morgan fingerprint density at radius 1 is 0.846 bits per heavy atom. The Balaban J connectivity index is 3.24. The summed E-state index contributed by atoms with van der Waals surface area (Å²) in [4.78, 5) is 49.0. The van der Waals surface area contributed by atoms with E-state index in [1.54, 1.807) is 48.5 Å². The van der Waals surface area contributed by atoms with Crippen LogP contribution in [0.15, 0.2) is 18.2 Å². The molecule has 11 heteroatoms. The zero-order valence-corrected chi connectivity index (χ0v) is 24.6. The zero-order chi connectivity index (χ0) is 30.4. The predicted octanol–water partition coefficient (Wildman–Crippen LogP) is 5.40. The van der Waals surface area contributed by atoms with E-state index < -0.39 is 47.1 Å². The average molecular weight is 554 g/mol. The van der Waals surface area contributed by atoms with Gasteiger partial charge in [0.25, 0.3) is 0 Å². The predicted molar refractivity (Wildman–Crippen MR) is 143 cm³/mol. The summed E-state index contributed by atoms with van der Waals surface area (Å²) in [6.45, 7) is 17.1. The van der Waals surface area contributed by atoms with Gasteiger partial charge >= 0.3 is 24.2 Å². The van der Waals surface area contributed by atoms with Gasteiger partial charge in [-0.2, -0.15) is 0 Å². The van der Waals surface area contributed by atoms with Crippen molar-refractivity contribution in [1.82, 2.24) is 0 Å². The first-order valence-electron chi connectivity index (χ1n) is 12.6. The summed E-state index contributed by atoms with van der Waals surface area (Å²) in [6, 6.07) is 4.13. The van der Waals surface area contributed by atoms with Crippen molar-refractivity contribution in [2.24, 2.45) is 11.1 Å². The number of nitrogens with two attached hydrogens (primary N) is 1. The van der Waals surface area contributed by atoms with Crippen LogP contribution in [0.2, 0.25) is 0 Å². The Bertz CT molecular complexity index is 1050. The number of carboxylic acid groups (broad SMARTS) is 1. The van der Waals surface area contributed by atoms with Crippen LogP contribution < -0.4 is 15.2 Å². The van der Waals surface area contributed by atoms with Crippen molar-refractivity contribution in [3.63, 3.8) is 0 Å².